The maximum Gasteiger partial charge on any atom is 0.0222 e. The highest BCUT2D eigenvalue weighted by atomic mass is 79.9. The van der Waals surface area contributed by atoms with E-state index in [4.69, 9.17) is 0 Å². The Morgan fingerprint density at radius 1 is 0.312 bits per heavy atom. The van der Waals surface area contributed by atoms with Gasteiger partial charge in [0.15, 0.2) is 0 Å². The molecule has 0 aromatic heterocycles. The van der Waals surface area contributed by atoms with Crippen molar-refractivity contribution in [3.8, 4) is 33.4 Å². The van der Waals surface area contributed by atoms with Crippen LogP contribution in [0.3, 0.4) is 0 Å². The van der Waals surface area contributed by atoms with Crippen molar-refractivity contribution < 1.29 is 0 Å². The highest BCUT2D eigenvalue weighted by Gasteiger charge is 2.57. The van der Waals surface area contributed by atoms with Gasteiger partial charge in [0.2, 0.25) is 0 Å². The van der Waals surface area contributed by atoms with Gasteiger partial charge in [0, 0.05) is 20.7 Å². The normalized spacial score (nSPS) is 15.5. The maximum absolute atomic E-state index is 4.14. The molecule has 3 aliphatic carbocycles. The van der Waals surface area contributed by atoms with Gasteiger partial charge in [-0.2, -0.15) is 0 Å². The first kappa shape index (κ1) is 49.3. The summed E-state index contributed by atoms with van der Waals surface area (Å²) in [4.78, 5) is 0. The summed E-state index contributed by atoms with van der Waals surface area (Å²) in [5, 5.41) is 0. The lowest BCUT2D eigenvalue weighted by Crippen LogP contribution is -2.31. The van der Waals surface area contributed by atoms with Gasteiger partial charge in [-0.25, -0.2) is 0 Å². The van der Waals surface area contributed by atoms with Crippen LogP contribution in [0.4, 0.5) is 0 Å². The SMILES string of the molecule is CCCCCCC1(CCCCCC)c2ccccc2-c2c1c1c(c3c2C(CCCCCC)(CCCCCC)c2cc(Br)ccc2-3)C(CCCCCC)(CCCCCC)c2ccccc2-1. The first-order valence-electron chi connectivity index (χ1n) is 27.7. The molecular formula is C63H89Br. The number of fused-ring (bicyclic) bond motifs is 12. The standard InChI is InChI=1S/C63H89Br/c1-7-13-19-29-41-61(42-30-20-14-8-2)53-38-28-26-36-50(53)56-58(61)55-49-35-25-27-37-52(49)62(43-31-21-15-9-3,44-32-22-16-10-4)59(55)57-51-40-39-48(64)47-54(51)63(60(56)57,45-33-23-17-11-5)46-34-24-18-12-6/h25-28,35-40,47H,7-24,29-34,41-46H2,1-6H3. The second kappa shape index (κ2) is 23.4. The van der Waals surface area contributed by atoms with E-state index in [1.54, 1.807) is 66.8 Å². The van der Waals surface area contributed by atoms with E-state index in [0.29, 0.717) is 0 Å². The first-order valence-corrected chi connectivity index (χ1v) is 28.5. The molecule has 7 rings (SSSR count). The van der Waals surface area contributed by atoms with Crippen molar-refractivity contribution in [1.82, 2.24) is 0 Å². The van der Waals surface area contributed by atoms with Gasteiger partial charge in [0.1, 0.15) is 0 Å². The molecule has 0 fully saturated rings. The second-order valence-electron chi connectivity index (χ2n) is 21.1. The summed E-state index contributed by atoms with van der Waals surface area (Å²) in [5.74, 6) is 0. The van der Waals surface area contributed by atoms with E-state index in [-0.39, 0.29) is 16.2 Å². The van der Waals surface area contributed by atoms with Crippen LogP contribution in [-0.4, -0.2) is 0 Å². The van der Waals surface area contributed by atoms with Crippen LogP contribution in [-0.2, 0) is 16.2 Å². The zero-order chi connectivity index (χ0) is 45.0. The molecule has 0 radical (unpaired) electrons. The average molecular weight is 926 g/mol. The van der Waals surface area contributed by atoms with Gasteiger partial charge in [-0.05, 0) is 117 Å². The lowest BCUT2D eigenvalue weighted by Gasteiger charge is -2.39. The zero-order valence-electron chi connectivity index (χ0n) is 41.9. The minimum Gasteiger partial charge on any atom is -0.0654 e. The van der Waals surface area contributed by atoms with Gasteiger partial charge >= 0.3 is 0 Å². The van der Waals surface area contributed by atoms with Crippen molar-refractivity contribution in [3.63, 3.8) is 0 Å². The topological polar surface area (TPSA) is 0 Å². The summed E-state index contributed by atoms with van der Waals surface area (Å²) in [5.41, 5.74) is 20.3. The summed E-state index contributed by atoms with van der Waals surface area (Å²) in [6.45, 7) is 14.4. The summed E-state index contributed by atoms with van der Waals surface area (Å²) >= 11 is 4.14. The lowest BCUT2D eigenvalue weighted by molar-refractivity contribution is 0.389. The van der Waals surface area contributed by atoms with Gasteiger partial charge in [0.05, 0.1) is 0 Å². The number of hydrogen-bond donors (Lipinski definition) is 0. The highest BCUT2D eigenvalue weighted by Crippen LogP contribution is 2.71. The van der Waals surface area contributed by atoms with Gasteiger partial charge in [-0.15, -0.1) is 0 Å². The van der Waals surface area contributed by atoms with Crippen molar-refractivity contribution in [2.24, 2.45) is 0 Å². The van der Waals surface area contributed by atoms with Crippen LogP contribution in [0.1, 0.15) is 268 Å². The summed E-state index contributed by atoms with van der Waals surface area (Å²) in [6, 6.07) is 27.8. The van der Waals surface area contributed by atoms with E-state index >= 15 is 0 Å². The quantitative estimate of drug-likeness (QED) is 0.0457. The van der Waals surface area contributed by atoms with Crippen molar-refractivity contribution >= 4 is 15.9 Å². The zero-order valence-corrected chi connectivity index (χ0v) is 43.5. The summed E-state index contributed by atoms with van der Waals surface area (Å²) in [7, 11) is 0. The molecule has 0 saturated heterocycles. The van der Waals surface area contributed by atoms with Crippen LogP contribution in [0.15, 0.2) is 71.2 Å². The number of rotatable bonds is 30. The fourth-order valence-corrected chi connectivity index (χ4v) is 14.2. The van der Waals surface area contributed by atoms with Crippen LogP contribution >= 0.6 is 15.9 Å². The van der Waals surface area contributed by atoms with E-state index in [1.807, 2.05) is 0 Å². The molecule has 0 bridgehead atoms. The fraction of sp³-hybridized carbons (Fsp3) is 0.619. The lowest BCUT2D eigenvalue weighted by atomic mass is 9.63. The molecular weight excluding hydrogens is 837 g/mol. The molecule has 0 heterocycles. The van der Waals surface area contributed by atoms with Crippen molar-refractivity contribution in [3.05, 3.63) is 105 Å². The molecule has 348 valence electrons. The molecule has 0 unspecified atom stereocenters. The van der Waals surface area contributed by atoms with E-state index in [2.05, 4.69) is 124 Å². The van der Waals surface area contributed by atoms with Crippen molar-refractivity contribution in [2.75, 3.05) is 0 Å². The van der Waals surface area contributed by atoms with Gasteiger partial charge in [-0.3, -0.25) is 0 Å². The highest BCUT2D eigenvalue weighted by molar-refractivity contribution is 9.10. The Kier molecular flexibility index (Phi) is 18.0. The van der Waals surface area contributed by atoms with Gasteiger partial charge in [0.25, 0.3) is 0 Å². The molecule has 4 aromatic rings. The van der Waals surface area contributed by atoms with Crippen LogP contribution in [0.25, 0.3) is 33.4 Å². The van der Waals surface area contributed by atoms with E-state index in [9.17, 15) is 0 Å². The molecule has 0 amide bonds. The number of hydrogen-bond acceptors (Lipinski definition) is 0. The molecule has 1 heteroatoms. The maximum atomic E-state index is 4.14. The minimum absolute atomic E-state index is 0.00636. The van der Waals surface area contributed by atoms with E-state index in [0.717, 1.165) is 0 Å². The average Bonchev–Trinajstić information content (AvgIpc) is 3.87. The molecule has 0 nitrogen and oxygen atoms in total. The predicted molar refractivity (Wildman–Crippen MR) is 285 cm³/mol. The Bertz CT molecular complexity index is 2050. The second-order valence-corrected chi connectivity index (χ2v) is 22.1. The van der Waals surface area contributed by atoms with Gasteiger partial charge < -0.3 is 0 Å². The molecule has 0 N–H and O–H groups in total. The predicted octanol–water partition coefficient (Wildman–Crippen LogP) is 21.1. The van der Waals surface area contributed by atoms with E-state index in [1.165, 1.54) is 197 Å². The minimum atomic E-state index is -0.00636. The Morgan fingerprint density at radius 3 is 0.906 bits per heavy atom. The third kappa shape index (κ3) is 9.44. The number of halogens is 1. The van der Waals surface area contributed by atoms with Crippen LogP contribution < -0.4 is 0 Å². The molecule has 4 aromatic carbocycles. The molecule has 0 aliphatic heterocycles. The largest absolute Gasteiger partial charge is 0.0654 e. The Balaban J connectivity index is 1.66. The third-order valence-electron chi connectivity index (χ3n) is 16.9. The Hall–Kier alpha value is -2.64. The van der Waals surface area contributed by atoms with E-state index < -0.39 is 0 Å². The molecule has 64 heavy (non-hydrogen) atoms. The number of benzene rings is 4. The Labute approximate surface area is 402 Å². The number of unbranched alkanes of at least 4 members (excludes halogenated alkanes) is 18. The van der Waals surface area contributed by atoms with Crippen LogP contribution in [0.2, 0.25) is 0 Å². The van der Waals surface area contributed by atoms with Crippen molar-refractivity contribution in [1.29, 1.82) is 0 Å². The molecule has 0 saturated carbocycles. The smallest absolute Gasteiger partial charge is 0.0222 e. The summed E-state index contributed by atoms with van der Waals surface area (Å²) in [6.07, 6.45) is 39.2. The first-order chi connectivity index (χ1) is 31.4. The summed E-state index contributed by atoms with van der Waals surface area (Å²) < 4.78 is 1.26. The Morgan fingerprint density at radius 2 is 0.594 bits per heavy atom. The monoisotopic (exact) mass is 925 g/mol. The van der Waals surface area contributed by atoms with Crippen molar-refractivity contribution in [2.45, 2.75) is 250 Å². The van der Waals surface area contributed by atoms with Gasteiger partial charge in [-0.1, -0.05) is 266 Å². The van der Waals surface area contributed by atoms with Crippen LogP contribution in [0, 0.1) is 0 Å². The molecule has 3 aliphatic rings. The fourth-order valence-electron chi connectivity index (χ4n) is 13.8. The molecule has 0 atom stereocenters. The van der Waals surface area contributed by atoms with Crippen LogP contribution in [0.5, 0.6) is 0 Å². The molecule has 0 spiro atoms. The third-order valence-corrected chi connectivity index (χ3v) is 17.4.